The summed E-state index contributed by atoms with van der Waals surface area (Å²) in [6, 6.07) is 0.00155. The van der Waals surface area contributed by atoms with E-state index in [1.54, 1.807) is 4.90 Å². The van der Waals surface area contributed by atoms with Crippen LogP contribution in [0, 0.1) is 0 Å². The van der Waals surface area contributed by atoms with Gasteiger partial charge in [-0.05, 0) is 27.7 Å². The van der Waals surface area contributed by atoms with Crippen molar-refractivity contribution in [2.24, 2.45) is 5.73 Å². The molecule has 1 rings (SSSR count). The molecule has 1 fully saturated rings. The van der Waals surface area contributed by atoms with Crippen molar-refractivity contribution in [1.82, 2.24) is 15.5 Å². The first-order valence-electron chi connectivity index (χ1n) is 5.36. The second kappa shape index (κ2) is 4.47. The summed E-state index contributed by atoms with van der Waals surface area (Å²) in [6.45, 7) is 8.91. The lowest BCUT2D eigenvalue weighted by molar-refractivity contribution is -0.138. The normalized spacial score (nSPS) is 26.7. The highest BCUT2D eigenvalue weighted by molar-refractivity contribution is 5.83. The van der Waals surface area contributed by atoms with Crippen LogP contribution in [0.3, 0.4) is 0 Å². The summed E-state index contributed by atoms with van der Waals surface area (Å²) in [4.78, 5) is 13.9. The Morgan fingerprint density at radius 1 is 1.47 bits per heavy atom. The number of rotatable bonds is 2. The molecular formula is C10H22N4O. The summed E-state index contributed by atoms with van der Waals surface area (Å²) in [5.74, 6) is 0.0718. The van der Waals surface area contributed by atoms with Gasteiger partial charge in [0.05, 0.1) is 6.67 Å². The first kappa shape index (κ1) is 12.4. The van der Waals surface area contributed by atoms with Gasteiger partial charge < -0.3 is 10.6 Å². The van der Waals surface area contributed by atoms with Crippen LogP contribution in [0.2, 0.25) is 0 Å². The van der Waals surface area contributed by atoms with Gasteiger partial charge in [-0.2, -0.15) is 0 Å². The average molecular weight is 214 g/mol. The molecule has 0 aromatic rings. The summed E-state index contributed by atoms with van der Waals surface area (Å²) >= 11 is 0. The van der Waals surface area contributed by atoms with E-state index in [4.69, 9.17) is 5.73 Å². The van der Waals surface area contributed by atoms with E-state index in [9.17, 15) is 4.79 Å². The lowest BCUT2D eigenvalue weighted by Gasteiger charge is -2.36. The Labute approximate surface area is 91.4 Å². The van der Waals surface area contributed by atoms with E-state index < -0.39 is 0 Å². The van der Waals surface area contributed by atoms with Crippen LogP contribution in [-0.4, -0.2) is 41.8 Å². The van der Waals surface area contributed by atoms with Crippen molar-refractivity contribution < 1.29 is 4.79 Å². The van der Waals surface area contributed by atoms with Crippen LogP contribution in [0.1, 0.15) is 27.7 Å². The van der Waals surface area contributed by atoms with Gasteiger partial charge >= 0.3 is 0 Å². The van der Waals surface area contributed by atoms with Crippen molar-refractivity contribution in [3.63, 3.8) is 0 Å². The van der Waals surface area contributed by atoms with Crippen molar-refractivity contribution in [1.29, 1.82) is 0 Å². The molecule has 2 unspecified atom stereocenters. The molecule has 0 saturated carbocycles. The zero-order chi connectivity index (χ0) is 11.6. The Hall–Kier alpha value is -0.650. The van der Waals surface area contributed by atoms with Gasteiger partial charge in [0.25, 0.3) is 0 Å². The third-order valence-corrected chi connectivity index (χ3v) is 2.77. The van der Waals surface area contributed by atoms with Gasteiger partial charge in [0.1, 0.15) is 6.04 Å². The molecule has 1 amide bonds. The molecule has 88 valence electrons. The van der Waals surface area contributed by atoms with Crippen LogP contribution in [0.4, 0.5) is 0 Å². The van der Waals surface area contributed by atoms with Gasteiger partial charge in [-0.15, -0.1) is 0 Å². The number of hydrogen-bond donors (Lipinski definition) is 3. The van der Waals surface area contributed by atoms with E-state index >= 15 is 0 Å². The Kier molecular flexibility index (Phi) is 3.70. The predicted molar refractivity (Wildman–Crippen MR) is 60.0 cm³/mol. The molecule has 15 heavy (non-hydrogen) atoms. The minimum Gasteiger partial charge on any atom is -0.324 e. The Bertz CT molecular complexity index is 236. The van der Waals surface area contributed by atoms with Crippen LogP contribution in [0.15, 0.2) is 0 Å². The fourth-order valence-electron chi connectivity index (χ4n) is 1.79. The fraction of sp³-hybridized carbons (Fsp3) is 0.900. The van der Waals surface area contributed by atoms with Crippen LogP contribution in [-0.2, 0) is 4.79 Å². The first-order valence-corrected chi connectivity index (χ1v) is 5.36. The highest BCUT2D eigenvalue weighted by atomic mass is 16.2. The molecule has 1 aliphatic rings. The van der Waals surface area contributed by atoms with Crippen LogP contribution in [0.5, 0.6) is 0 Å². The number of nitrogens with one attached hydrogen (secondary N) is 2. The van der Waals surface area contributed by atoms with Crippen LogP contribution in [0.25, 0.3) is 0 Å². The molecule has 0 aromatic heterocycles. The molecule has 0 bridgehead atoms. The minimum atomic E-state index is -0.226. The summed E-state index contributed by atoms with van der Waals surface area (Å²) < 4.78 is 0. The quantitative estimate of drug-likeness (QED) is 0.539. The third-order valence-electron chi connectivity index (χ3n) is 2.77. The summed E-state index contributed by atoms with van der Waals surface area (Å²) in [5, 5.41) is 6.32. The Balaban J connectivity index is 2.73. The maximum Gasteiger partial charge on any atom is 0.242 e. The van der Waals surface area contributed by atoms with E-state index in [2.05, 4.69) is 10.6 Å². The molecule has 2 atom stereocenters. The zero-order valence-corrected chi connectivity index (χ0v) is 10.0. The van der Waals surface area contributed by atoms with E-state index in [1.165, 1.54) is 0 Å². The Morgan fingerprint density at radius 2 is 2.07 bits per heavy atom. The van der Waals surface area contributed by atoms with Crippen LogP contribution >= 0.6 is 0 Å². The molecule has 0 aromatic carbocycles. The molecule has 0 aliphatic carbocycles. The number of nitrogens with two attached hydrogens (primary N) is 1. The molecule has 4 N–H and O–H groups in total. The number of carbonyl (C=O) groups excluding carboxylic acids is 1. The third kappa shape index (κ3) is 2.68. The number of carbonyl (C=O) groups is 1. The second-order valence-electron chi connectivity index (χ2n) is 4.97. The molecule has 5 nitrogen and oxygen atoms in total. The van der Waals surface area contributed by atoms with Crippen molar-refractivity contribution >= 4 is 5.91 Å². The van der Waals surface area contributed by atoms with Crippen LogP contribution < -0.4 is 16.4 Å². The minimum absolute atomic E-state index is 0.0718. The monoisotopic (exact) mass is 214 g/mol. The fourth-order valence-corrected chi connectivity index (χ4v) is 1.79. The maximum atomic E-state index is 12.2. The lowest BCUT2D eigenvalue weighted by Crippen LogP contribution is -2.56. The highest BCUT2D eigenvalue weighted by Crippen LogP contribution is 2.15. The van der Waals surface area contributed by atoms with Gasteiger partial charge in [0.15, 0.2) is 0 Å². The van der Waals surface area contributed by atoms with Gasteiger partial charge in [0, 0.05) is 18.2 Å². The van der Waals surface area contributed by atoms with E-state index in [0.717, 1.165) is 0 Å². The zero-order valence-electron chi connectivity index (χ0n) is 10.0. The second-order valence-corrected chi connectivity index (χ2v) is 4.97. The number of amides is 1. The lowest BCUT2D eigenvalue weighted by atomic mass is 10.0. The summed E-state index contributed by atoms with van der Waals surface area (Å²) in [5.41, 5.74) is 5.40. The van der Waals surface area contributed by atoms with Crippen molar-refractivity contribution in [3.05, 3.63) is 0 Å². The largest absolute Gasteiger partial charge is 0.324 e. The van der Waals surface area contributed by atoms with Gasteiger partial charge in [-0.3, -0.25) is 15.4 Å². The molecule has 0 radical (unpaired) electrons. The Morgan fingerprint density at radius 3 is 2.40 bits per heavy atom. The van der Waals surface area contributed by atoms with Gasteiger partial charge in [-0.1, -0.05) is 0 Å². The van der Waals surface area contributed by atoms with Crippen molar-refractivity contribution in [3.8, 4) is 0 Å². The molecule has 1 aliphatic heterocycles. The number of hydrogen-bond acceptors (Lipinski definition) is 4. The summed E-state index contributed by atoms with van der Waals surface area (Å²) in [7, 11) is 0. The standard InChI is InChI=1S/C10H22N4O/c1-7-8(13-6-12-7)9(15)14(5-11)10(2,3)4/h7-8,12-13H,5-6,11H2,1-4H3. The molecule has 0 spiro atoms. The van der Waals surface area contributed by atoms with Crippen molar-refractivity contribution in [2.75, 3.05) is 13.3 Å². The average Bonchev–Trinajstić information content (AvgIpc) is 2.49. The SMILES string of the molecule is CC1NCNC1C(=O)N(CN)C(C)(C)C. The molecule has 5 heteroatoms. The molecular weight excluding hydrogens is 192 g/mol. The van der Waals surface area contributed by atoms with Gasteiger partial charge in [0.2, 0.25) is 5.91 Å². The smallest absolute Gasteiger partial charge is 0.242 e. The maximum absolute atomic E-state index is 12.2. The molecule has 1 saturated heterocycles. The topological polar surface area (TPSA) is 70.4 Å². The summed E-state index contributed by atoms with van der Waals surface area (Å²) in [6.07, 6.45) is 0. The van der Waals surface area contributed by atoms with Gasteiger partial charge in [-0.25, -0.2) is 0 Å². The molecule has 1 heterocycles. The number of nitrogens with zero attached hydrogens (tertiary/aromatic N) is 1. The van der Waals surface area contributed by atoms with E-state index in [0.29, 0.717) is 6.67 Å². The van der Waals surface area contributed by atoms with E-state index in [1.807, 2.05) is 27.7 Å². The van der Waals surface area contributed by atoms with E-state index in [-0.39, 0.29) is 30.2 Å². The predicted octanol–water partition coefficient (Wildman–Crippen LogP) is -0.563. The van der Waals surface area contributed by atoms with Crippen molar-refractivity contribution in [2.45, 2.75) is 45.3 Å². The highest BCUT2D eigenvalue weighted by Gasteiger charge is 2.35. The first-order chi connectivity index (χ1) is 6.88.